The van der Waals surface area contributed by atoms with Crippen molar-refractivity contribution >= 4 is 46.4 Å². The number of amides is 2. The Labute approximate surface area is 202 Å². The van der Waals surface area contributed by atoms with Crippen LogP contribution in [0.2, 0.25) is 10.0 Å². The van der Waals surface area contributed by atoms with E-state index in [4.69, 9.17) is 23.2 Å². The fraction of sp³-hybridized carbons (Fsp3) is 0.280. The zero-order valence-corrected chi connectivity index (χ0v) is 20.3. The summed E-state index contributed by atoms with van der Waals surface area (Å²) in [7, 11) is 0. The lowest BCUT2D eigenvalue weighted by molar-refractivity contribution is -0.134. The number of nitrogens with zero attached hydrogens (tertiary/aromatic N) is 2. The fourth-order valence-electron chi connectivity index (χ4n) is 4.21. The molecule has 0 spiro atoms. The molecule has 0 saturated heterocycles. The van der Waals surface area contributed by atoms with E-state index in [1.807, 2.05) is 24.0 Å². The van der Waals surface area contributed by atoms with Gasteiger partial charge in [0.1, 0.15) is 6.54 Å². The zero-order chi connectivity index (χ0) is 22.8. The number of aryl methyl sites for hydroxylation is 1. The van der Waals surface area contributed by atoms with Crippen molar-refractivity contribution in [2.24, 2.45) is 0 Å². The van der Waals surface area contributed by atoms with Gasteiger partial charge in [-0.2, -0.15) is 0 Å². The highest BCUT2D eigenvalue weighted by Crippen LogP contribution is 2.39. The number of thiophene rings is 1. The average Bonchev–Trinajstić information content (AvgIpc) is 3.27. The summed E-state index contributed by atoms with van der Waals surface area (Å²) in [6.07, 6.45) is 0.827. The Bertz CT molecular complexity index is 1160. The molecular formula is C25H24Cl2N2O2S. The van der Waals surface area contributed by atoms with Crippen LogP contribution in [0.1, 0.15) is 44.9 Å². The third-order valence-corrected chi connectivity index (χ3v) is 7.67. The molecule has 1 aromatic heterocycles. The highest BCUT2D eigenvalue weighted by molar-refractivity contribution is 7.10. The third kappa shape index (κ3) is 4.42. The minimum absolute atomic E-state index is 0.0113. The van der Waals surface area contributed by atoms with Gasteiger partial charge >= 0.3 is 0 Å². The molecule has 0 N–H and O–H groups in total. The Morgan fingerprint density at radius 3 is 2.59 bits per heavy atom. The smallest absolute Gasteiger partial charge is 0.254 e. The number of likely N-dealkylation sites (N-methyl/N-ethyl adjacent to an activating group) is 1. The lowest BCUT2D eigenvalue weighted by Crippen LogP contribution is -2.46. The Morgan fingerprint density at radius 1 is 1.09 bits per heavy atom. The van der Waals surface area contributed by atoms with Gasteiger partial charge in [0.25, 0.3) is 5.91 Å². The van der Waals surface area contributed by atoms with Crippen molar-refractivity contribution < 1.29 is 9.59 Å². The maximum atomic E-state index is 13.5. The summed E-state index contributed by atoms with van der Waals surface area (Å²) in [6, 6.07) is 15.0. The van der Waals surface area contributed by atoms with Gasteiger partial charge in [0, 0.05) is 23.5 Å². The van der Waals surface area contributed by atoms with E-state index in [0.717, 1.165) is 17.5 Å². The van der Waals surface area contributed by atoms with E-state index < -0.39 is 0 Å². The SMILES string of the molecule is CCN(CC(=O)N1CCc2sccc2C1c1ccccc1C)C(=O)c1ccc(Cl)c(Cl)c1. The van der Waals surface area contributed by atoms with E-state index in [2.05, 4.69) is 30.5 Å². The van der Waals surface area contributed by atoms with Gasteiger partial charge in [-0.1, -0.05) is 47.5 Å². The number of benzene rings is 2. The van der Waals surface area contributed by atoms with Gasteiger partial charge in [-0.25, -0.2) is 0 Å². The molecule has 1 atom stereocenters. The second-order valence-electron chi connectivity index (χ2n) is 7.84. The molecule has 0 saturated carbocycles. The van der Waals surface area contributed by atoms with Crippen molar-refractivity contribution in [3.63, 3.8) is 0 Å². The van der Waals surface area contributed by atoms with Crippen molar-refractivity contribution in [2.75, 3.05) is 19.6 Å². The fourth-order valence-corrected chi connectivity index (χ4v) is 5.41. The van der Waals surface area contributed by atoms with Crippen LogP contribution in [-0.2, 0) is 11.2 Å². The predicted molar refractivity (Wildman–Crippen MR) is 131 cm³/mol. The van der Waals surface area contributed by atoms with E-state index in [1.165, 1.54) is 10.4 Å². The largest absolute Gasteiger partial charge is 0.330 e. The van der Waals surface area contributed by atoms with E-state index in [-0.39, 0.29) is 24.4 Å². The molecule has 0 fully saturated rings. The molecule has 2 heterocycles. The van der Waals surface area contributed by atoms with Crippen LogP contribution in [0.3, 0.4) is 0 Å². The number of fused-ring (bicyclic) bond motifs is 1. The lowest BCUT2D eigenvalue weighted by Gasteiger charge is -2.38. The molecule has 0 aliphatic carbocycles. The summed E-state index contributed by atoms with van der Waals surface area (Å²) in [5.74, 6) is -0.301. The Hall–Kier alpha value is -2.34. The molecule has 166 valence electrons. The van der Waals surface area contributed by atoms with Gasteiger partial charge in [0.05, 0.1) is 16.1 Å². The maximum Gasteiger partial charge on any atom is 0.254 e. The first kappa shape index (κ1) is 22.8. The van der Waals surface area contributed by atoms with Crippen LogP contribution >= 0.6 is 34.5 Å². The van der Waals surface area contributed by atoms with Crippen LogP contribution in [0.25, 0.3) is 0 Å². The molecule has 32 heavy (non-hydrogen) atoms. The Kier molecular flexibility index (Phi) is 6.89. The third-order valence-electron chi connectivity index (χ3n) is 5.93. The van der Waals surface area contributed by atoms with Crippen molar-refractivity contribution in [3.8, 4) is 0 Å². The molecule has 2 amide bonds. The summed E-state index contributed by atoms with van der Waals surface area (Å²) < 4.78 is 0. The van der Waals surface area contributed by atoms with Crippen LogP contribution in [0.4, 0.5) is 0 Å². The molecule has 7 heteroatoms. The van der Waals surface area contributed by atoms with Gasteiger partial charge in [0.2, 0.25) is 5.91 Å². The first-order valence-electron chi connectivity index (χ1n) is 10.6. The molecule has 1 unspecified atom stereocenters. The van der Waals surface area contributed by atoms with E-state index in [0.29, 0.717) is 28.7 Å². The van der Waals surface area contributed by atoms with E-state index in [9.17, 15) is 9.59 Å². The van der Waals surface area contributed by atoms with Gasteiger partial charge in [-0.15, -0.1) is 11.3 Å². The van der Waals surface area contributed by atoms with E-state index >= 15 is 0 Å². The standard InChI is InChI=1S/C25H24Cl2N2O2S/c1-3-28(25(31)17-8-9-20(26)21(27)14-17)15-23(30)29-12-10-22-19(11-13-32-22)24(29)18-7-5-4-6-16(18)2/h4-9,11,13-14,24H,3,10,12,15H2,1-2H3. The molecule has 0 radical (unpaired) electrons. The first-order chi connectivity index (χ1) is 15.4. The minimum Gasteiger partial charge on any atom is -0.330 e. The predicted octanol–water partition coefficient (Wildman–Crippen LogP) is 6.00. The number of rotatable bonds is 5. The summed E-state index contributed by atoms with van der Waals surface area (Å²) in [6.45, 7) is 5.00. The summed E-state index contributed by atoms with van der Waals surface area (Å²) >= 11 is 13.8. The second-order valence-corrected chi connectivity index (χ2v) is 9.66. The van der Waals surface area contributed by atoms with Crippen molar-refractivity contribution in [1.29, 1.82) is 0 Å². The topological polar surface area (TPSA) is 40.6 Å². The Morgan fingerprint density at radius 2 is 1.88 bits per heavy atom. The van der Waals surface area contributed by atoms with Crippen LogP contribution in [-0.4, -0.2) is 41.2 Å². The minimum atomic E-state index is -0.236. The van der Waals surface area contributed by atoms with Crippen molar-refractivity contribution in [1.82, 2.24) is 9.80 Å². The van der Waals surface area contributed by atoms with Crippen LogP contribution in [0.5, 0.6) is 0 Å². The molecule has 1 aliphatic rings. The lowest BCUT2D eigenvalue weighted by atomic mass is 9.90. The monoisotopic (exact) mass is 486 g/mol. The zero-order valence-electron chi connectivity index (χ0n) is 18.0. The molecule has 2 aromatic carbocycles. The quantitative estimate of drug-likeness (QED) is 0.443. The normalized spacial score (nSPS) is 15.4. The maximum absolute atomic E-state index is 13.5. The molecule has 1 aliphatic heterocycles. The highest BCUT2D eigenvalue weighted by atomic mass is 35.5. The highest BCUT2D eigenvalue weighted by Gasteiger charge is 2.34. The summed E-state index contributed by atoms with van der Waals surface area (Å²) in [5, 5.41) is 2.81. The molecule has 0 bridgehead atoms. The average molecular weight is 487 g/mol. The van der Waals surface area contributed by atoms with Gasteiger partial charge in [0.15, 0.2) is 0 Å². The van der Waals surface area contributed by atoms with E-state index in [1.54, 1.807) is 34.4 Å². The van der Waals surface area contributed by atoms with Crippen molar-refractivity contribution in [3.05, 3.63) is 91.1 Å². The van der Waals surface area contributed by atoms with Gasteiger partial charge in [-0.3, -0.25) is 9.59 Å². The number of hydrogen-bond acceptors (Lipinski definition) is 3. The second kappa shape index (κ2) is 9.65. The number of hydrogen-bond donors (Lipinski definition) is 0. The van der Waals surface area contributed by atoms with Crippen LogP contribution in [0.15, 0.2) is 53.9 Å². The summed E-state index contributed by atoms with van der Waals surface area (Å²) in [5.41, 5.74) is 3.87. The molecule has 4 nitrogen and oxygen atoms in total. The van der Waals surface area contributed by atoms with Gasteiger partial charge in [-0.05, 0) is 66.6 Å². The van der Waals surface area contributed by atoms with Gasteiger partial charge < -0.3 is 9.80 Å². The number of carbonyl (C=O) groups is 2. The number of carbonyl (C=O) groups excluding carboxylic acids is 2. The molecule has 4 rings (SSSR count). The Balaban J connectivity index is 1.61. The summed E-state index contributed by atoms with van der Waals surface area (Å²) in [4.78, 5) is 31.4. The first-order valence-corrected chi connectivity index (χ1v) is 12.2. The van der Waals surface area contributed by atoms with Crippen LogP contribution in [0, 0.1) is 6.92 Å². The van der Waals surface area contributed by atoms with Crippen molar-refractivity contribution in [2.45, 2.75) is 26.3 Å². The molecule has 3 aromatic rings. The molecular weight excluding hydrogens is 463 g/mol. The number of halogens is 2. The van der Waals surface area contributed by atoms with Crippen LogP contribution < -0.4 is 0 Å².